The quantitative estimate of drug-likeness (QED) is 0.717. The number of nitrogens with one attached hydrogen (secondary N) is 2. The minimum Gasteiger partial charge on any atom is -0.481 e. The van der Waals surface area contributed by atoms with Crippen molar-refractivity contribution in [3.63, 3.8) is 0 Å². The molecular weight excluding hydrogens is 248 g/mol. The molecule has 0 aromatic rings. The van der Waals surface area contributed by atoms with Crippen molar-refractivity contribution < 1.29 is 19.4 Å². The summed E-state index contributed by atoms with van der Waals surface area (Å²) in [5.41, 5.74) is -0.564. The van der Waals surface area contributed by atoms with Crippen molar-refractivity contribution in [3.8, 4) is 0 Å². The van der Waals surface area contributed by atoms with E-state index in [9.17, 15) is 9.59 Å². The number of carboxylic acids is 1. The average molecular weight is 270 g/mol. The van der Waals surface area contributed by atoms with E-state index in [0.717, 1.165) is 45.1 Å². The molecule has 0 bridgehead atoms. The molecule has 1 atom stereocenters. The third-order valence-electron chi connectivity index (χ3n) is 3.92. The summed E-state index contributed by atoms with van der Waals surface area (Å²) in [5, 5.41) is 14.7. The molecule has 0 spiro atoms. The Balaban J connectivity index is 1.86. The zero-order valence-electron chi connectivity index (χ0n) is 11.1. The number of amides is 2. The van der Waals surface area contributed by atoms with Crippen LogP contribution < -0.4 is 10.6 Å². The monoisotopic (exact) mass is 270 g/mol. The second-order valence-corrected chi connectivity index (χ2v) is 5.57. The Morgan fingerprint density at radius 2 is 2.00 bits per heavy atom. The van der Waals surface area contributed by atoms with Crippen LogP contribution in [0.4, 0.5) is 4.79 Å². The third kappa shape index (κ3) is 4.09. The van der Waals surface area contributed by atoms with Gasteiger partial charge in [-0.3, -0.25) is 4.79 Å². The molecule has 1 aliphatic heterocycles. The number of carbonyl (C=O) groups is 2. The van der Waals surface area contributed by atoms with Crippen LogP contribution in [0.5, 0.6) is 0 Å². The molecule has 2 fully saturated rings. The normalized spacial score (nSPS) is 25.8. The van der Waals surface area contributed by atoms with E-state index in [1.54, 1.807) is 0 Å². The van der Waals surface area contributed by atoms with E-state index in [2.05, 4.69) is 10.6 Å². The molecule has 1 saturated heterocycles. The standard InChI is InChI=1S/C13H22N2O4/c16-11(17)8-13(5-1-2-6-13)15-12(18)14-10-4-3-7-19-9-10/h10H,1-9H2,(H,16,17)(H2,14,15,18). The summed E-state index contributed by atoms with van der Waals surface area (Å²) in [6.45, 7) is 1.29. The van der Waals surface area contributed by atoms with Crippen molar-refractivity contribution in [2.75, 3.05) is 13.2 Å². The molecule has 1 saturated carbocycles. The van der Waals surface area contributed by atoms with Crippen LogP contribution in [-0.4, -0.2) is 41.9 Å². The second-order valence-electron chi connectivity index (χ2n) is 5.57. The fourth-order valence-corrected chi connectivity index (χ4v) is 3.00. The Hall–Kier alpha value is -1.30. The van der Waals surface area contributed by atoms with Gasteiger partial charge in [0.05, 0.1) is 24.6 Å². The summed E-state index contributed by atoms with van der Waals surface area (Å²) in [7, 11) is 0. The highest BCUT2D eigenvalue weighted by Gasteiger charge is 2.37. The summed E-state index contributed by atoms with van der Waals surface area (Å²) in [4.78, 5) is 22.9. The van der Waals surface area contributed by atoms with Gasteiger partial charge in [-0.15, -0.1) is 0 Å². The fraction of sp³-hybridized carbons (Fsp3) is 0.846. The van der Waals surface area contributed by atoms with E-state index in [-0.39, 0.29) is 18.5 Å². The Morgan fingerprint density at radius 3 is 2.58 bits per heavy atom. The van der Waals surface area contributed by atoms with Gasteiger partial charge in [0.2, 0.25) is 0 Å². The van der Waals surface area contributed by atoms with Gasteiger partial charge in [0, 0.05) is 6.61 Å². The molecule has 6 nitrogen and oxygen atoms in total. The molecule has 2 amide bonds. The number of carbonyl (C=O) groups excluding carboxylic acids is 1. The predicted octanol–water partition coefficient (Wildman–Crippen LogP) is 1.25. The molecular formula is C13H22N2O4. The molecule has 2 rings (SSSR count). The first-order valence-corrected chi connectivity index (χ1v) is 6.98. The lowest BCUT2D eigenvalue weighted by Crippen LogP contribution is -2.54. The molecule has 19 heavy (non-hydrogen) atoms. The maximum Gasteiger partial charge on any atom is 0.315 e. The lowest BCUT2D eigenvalue weighted by Gasteiger charge is -2.30. The highest BCUT2D eigenvalue weighted by molar-refractivity contribution is 5.77. The molecule has 0 aromatic heterocycles. The van der Waals surface area contributed by atoms with E-state index < -0.39 is 11.5 Å². The largest absolute Gasteiger partial charge is 0.481 e. The van der Waals surface area contributed by atoms with Gasteiger partial charge in [0.1, 0.15) is 0 Å². The highest BCUT2D eigenvalue weighted by Crippen LogP contribution is 2.32. The number of rotatable bonds is 4. The van der Waals surface area contributed by atoms with Gasteiger partial charge in [0.25, 0.3) is 0 Å². The number of carboxylic acid groups (broad SMARTS) is 1. The molecule has 0 radical (unpaired) electrons. The van der Waals surface area contributed by atoms with Crippen molar-refractivity contribution in [1.29, 1.82) is 0 Å². The number of urea groups is 1. The van der Waals surface area contributed by atoms with Crippen molar-refractivity contribution in [1.82, 2.24) is 10.6 Å². The summed E-state index contributed by atoms with van der Waals surface area (Å²) < 4.78 is 5.31. The topological polar surface area (TPSA) is 87.7 Å². The van der Waals surface area contributed by atoms with E-state index in [1.165, 1.54) is 0 Å². The molecule has 2 aliphatic rings. The molecule has 1 unspecified atom stereocenters. The summed E-state index contributed by atoms with van der Waals surface area (Å²) in [5.74, 6) is -0.858. The van der Waals surface area contributed by atoms with E-state index in [0.29, 0.717) is 6.61 Å². The van der Waals surface area contributed by atoms with E-state index in [1.807, 2.05) is 0 Å². The van der Waals surface area contributed by atoms with Crippen LogP contribution >= 0.6 is 0 Å². The lowest BCUT2D eigenvalue weighted by molar-refractivity contribution is -0.138. The number of hydrogen-bond donors (Lipinski definition) is 3. The van der Waals surface area contributed by atoms with Crippen LogP contribution in [-0.2, 0) is 9.53 Å². The Kier molecular flexibility index (Phi) is 4.63. The summed E-state index contributed by atoms with van der Waals surface area (Å²) in [6.07, 6.45) is 5.30. The van der Waals surface area contributed by atoms with Crippen molar-refractivity contribution in [2.24, 2.45) is 0 Å². The van der Waals surface area contributed by atoms with Gasteiger partial charge in [-0.1, -0.05) is 12.8 Å². The van der Waals surface area contributed by atoms with Gasteiger partial charge in [-0.2, -0.15) is 0 Å². The van der Waals surface area contributed by atoms with Gasteiger partial charge in [-0.25, -0.2) is 4.79 Å². The van der Waals surface area contributed by atoms with Gasteiger partial charge in [-0.05, 0) is 25.7 Å². The molecule has 6 heteroatoms. The van der Waals surface area contributed by atoms with Gasteiger partial charge < -0.3 is 20.5 Å². The Labute approximate surface area is 112 Å². The Bertz CT molecular complexity index is 334. The minimum absolute atomic E-state index is 0.00157. The van der Waals surface area contributed by atoms with Crippen LogP contribution in [0, 0.1) is 0 Å². The fourth-order valence-electron chi connectivity index (χ4n) is 3.00. The van der Waals surface area contributed by atoms with Crippen LogP contribution in [0.3, 0.4) is 0 Å². The number of hydrogen-bond acceptors (Lipinski definition) is 3. The smallest absolute Gasteiger partial charge is 0.315 e. The zero-order valence-corrected chi connectivity index (χ0v) is 11.1. The average Bonchev–Trinajstić information content (AvgIpc) is 2.77. The maximum absolute atomic E-state index is 12.0. The molecule has 1 heterocycles. The van der Waals surface area contributed by atoms with E-state index in [4.69, 9.17) is 9.84 Å². The summed E-state index contributed by atoms with van der Waals surface area (Å²) >= 11 is 0. The minimum atomic E-state index is -0.858. The first kappa shape index (κ1) is 14.1. The van der Waals surface area contributed by atoms with Gasteiger partial charge in [0.15, 0.2) is 0 Å². The maximum atomic E-state index is 12.0. The van der Waals surface area contributed by atoms with Crippen LogP contribution in [0.15, 0.2) is 0 Å². The third-order valence-corrected chi connectivity index (χ3v) is 3.92. The van der Waals surface area contributed by atoms with Crippen LogP contribution in [0.25, 0.3) is 0 Å². The number of ether oxygens (including phenoxy) is 1. The molecule has 1 aliphatic carbocycles. The van der Waals surface area contributed by atoms with E-state index >= 15 is 0 Å². The van der Waals surface area contributed by atoms with Crippen LogP contribution in [0.2, 0.25) is 0 Å². The van der Waals surface area contributed by atoms with Crippen LogP contribution in [0.1, 0.15) is 44.9 Å². The first-order chi connectivity index (χ1) is 9.10. The molecule has 0 aromatic carbocycles. The van der Waals surface area contributed by atoms with Crippen molar-refractivity contribution >= 4 is 12.0 Å². The predicted molar refractivity (Wildman–Crippen MR) is 69.0 cm³/mol. The molecule has 108 valence electrons. The Morgan fingerprint density at radius 1 is 1.26 bits per heavy atom. The second kappa shape index (κ2) is 6.23. The van der Waals surface area contributed by atoms with Crippen molar-refractivity contribution in [2.45, 2.75) is 56.5 Å². The van der Waals surface area contributed by atoms with Gasteiger partial charge >= 0.3 is 12.0 Å². The SMILES string of the molecule is O=C(O)CC1(NC(=O)NC2CCCOC2)CCCC1. The molecule has 3 N–H and O–H groups in total. The summed E-state index contributed by atoms with van der Waals surface area (Å²) in [6, 6.07) is -0.226. The number of aliphatic carboxylic acids is 1. The lowest BCUT2D eigenvalue weighted by atomic mass is 9.93. The first-order valence-electron chi connectivity index (χ1n) is 6.98. The zero-order chi connectivity index (χ0) is 13.7. The van der Waals surface area contributed by atoms with Crippen molar-refractivity contribution in [3.05, 3.63) is 0 Å². The highest BCUT2D eigenvalue weighted by atomic mass is 16.5.